The largest absolute Gasteiger partial charge is 0.395 e. The van der Waals surface area contributed by atoms with Gasteiger partial charge in [-0.05, 0) is 12.0 Å². The molecular weight excluding hydrogens is 190 g/mol. The minimum atomic E-state index is -0.00208. The smallest absolute Gasteiger partial charge is 0.230 e. The van der Waals surface area contributed by atoms with E-state index in [1.165, 1.54) is 0 Å². The number of hydrogen-bond acceptors (Lipinski definition) is 2. The number of carbonyl (C=O) groups is 1. The summed E-state index contributed by atoms with van der Waals surface area (Å²) in [6.07, 6.45) is 0.864. The van der Waals surface area contributed by atoms with Gasteiger partial charge in [-0.25, -0.2) is 0 Å². The Morgan fingerprint density at radius 1 is 1.33 bits per heavy atom. The lowest BCUT2D eigenvalue weighted by Crippen LogP contribution is -2.29. The topological polar surface area (TPSA) is 40.5 Å². The molecule has 0 saturated carbocycles. The van der Waals surface area contributed by atoms with Crippen LogP contribution in [0.25, 0.3) is 0 Å². The standard InChI is InChI=1S/C12H15NO2/c14-9-8-13-7-6-11(12(13)15)10-4-2-1-3-5-10/h1-5,11,14H,6-9H2. The van der Waals surface area contributed by atoms with Crippen molar-refractivity contribution >= 4 is 5.91 Å². The van der Waals surface area contributed by atoms with Crippen molar-refractivity contribution < 1.29 is 9.90 Å². The van der Waals surface area contributed by atoms with E-state index in [4.69, 9.17) is 5.11 Å². The predicted octanol–water partition coefficient (Wildman–Crippen LogP) is 0.995. The van der Waals surface area contributed by atoms with Crippen LogP contribution >= 0.6 is 0 Å². The molecule has 0 aromatic heterocycles. The highest BCUT2D eigenvalue weighted by molar-refractivity contribution is 5.85. The van der Waals surface area contributed by atoms with Gasteiger partial charge in [0.2, 0.25) is 5.91 Å². The van der Waals surface area contributed by atoms with Crippen LogP contribution in [-0.2, 0) is 4.79 Å². The molecular formula is C12H15NO2. The third kappa shape index (κ3) is 2.02. The van der Waals surface area contributed by atoms with Gasteiger partial charge < -0.3 is 10.0 Å². The molecule has 0 spiro atoms. The Bertz CT molecular complexity index is 337. The number of aliphatic hydroxyl groups excluding tert-OH is 1. The average Bonchev–Trinajstić information content (AvgIpc) is 2.63. The van der Waals surface area contributed by atoms with E-state index in [0.717, 1.165) is 18.5 Å². The Kier molecular flexibility index (Phi) is 3.02. The van der Waals surface area contributed by atoms with Crippen LogP contribution in [-0.4, -0.2) is 35.6 Å². The van der Waals surface area contributed by atoms with E-state index in [-0.39, 0.29) is 18.4 Å². The van der Waals surface area contributed by atoms with Crippen LogP contribution in [0.5, 0.6) is 0 Å². The van der Waals surface area contributed by atoms with E-state index in [9.17, 15) is 4.79 Å². The van der Waals surface area contributed by atoms with Gasteiger partial charge in [0.05, 0.1) is 12.5 Å². The summed E-state index contributed by atoms with van der Waals surface area (Å²) in [5.74, 6) is 0.146. The second-order valence-electron chi connectivity index (χ2n) is 3.80. The molecule has 80 valence electrons. The van der Waals surface area contributed by atoms with Crippen LogP contribution in [0.4, 0.5) is 0 Å². The summed E-state index contributed by atoms with van der Waals surface area (Å²) in [7, 11) is 0. The van der Waals surface area contributed by atoms with Crippen molar-refractivity contribution in [1.82, 2.24) is 4.90 Å². The summed E-state index contributed by atoms with van der Waals surface area (Å²) < 4.78 is 0. The summed E-state index contributed by atoms with van der Waals surface area (Å²) in [6, 6.07) is 9.85. The first kappa shape index (κ1) is 10.2. The van der Waals surface area contributed by atoms with E-state index in [1.54, 1.807) is 4.90 Å². The molecule has 1 aliphatic rings. The first-order valence-corrected chi connectivity index (χ1v) is 5.27. The van der Waals surface area contributed by atoms with Crippen LogP contribution in [0.15, 0.2) is 30.3 Å². The zero-order chi connectivity index (χ0) is 10.7. The maximum Gasteiger partial charge on any atom is 0.230 e. The van der Waals surface area contributed by atoms with E-state index in [0.29, 0.717) is 6.54 Å². The molecule has 1 heterocycles. The van der Waals surface area contributed by atoms with Gasteiger partial charge in [-0.3, -0.25) is 4.79 Å². The molecule has 0 aliphatic carbocycles. The zero-order valence-electron chi connectivity index (χ0n) is 8.60. The fraction of sp³-hybridized carbons (Fsp3) is 0.417. The molecule has 1 aromatic carbocycles. The molecule has 3 heteroatoms. The number of likely N-dealkylation sites (tertiary alicyclic amines) is 1. The van der Waals surface area contributed by atoms with Crippen molar-refractivity contribution in [3.8, 4) is 0 Å². The zero-order valence-corrected chi connectivity index (χ0v) is 8.60. The van der Waals surface area contributed by atoms with Crippen molar-refractivity contribution in [2.75, 3.05) is 19.7 Å². The molecule has 1 aromatic rings. The molecule has 1 aliphatic heterocycles. The Balaban J connectivity index is 2.11. The molecule has 1 N–H and O–H groups in total. The van der Waals surface area contributed by atoms with Crippen molar-refractivity contribution in [2.24, 2.45) is 0 Å². The maximum absolute atomic E-state index is 11.9. The van der Waals surface area contributed by atoms with E-state index >= 15 is 0 Å². The van der Waals surface area contributed by atoms with Gasteiger partial charge in [-0.2, -0.15) is 0 Å². The van der Waals surface area contributed by atoms with Crippen molar-refractivity contribution in [3.05, 3.63) is 35.9 Å². The highest BCUT2D eigenvalue weighted by Crippen LogP contribution is 2.27. The fourth-order valence-electron chi connectivity index (χ4n) is 2.08. The maximum atomic E-state index is 11.9. The molecule has 0 bridgehead atoms. The van der Waals surface area contributed by atoms with Crippen molar-refractivity contribution in [1.29, 1.82) is 0 Å². The number of β-amino-alcohol motifs (C(OH)–C–C–N with tert-alkyl or cyclic N) is 1. The van der Waals surface area contributed by atoms with Gasteiger partial charge >= 0.3 is 0 Å². The van der Waals surface area contributed by atoms with Gasteiger partial charge in [0.1, 0.15) is 0 Å². The Hall–Kier alpha value is -1.35. The van der Waals surface area contributed by atoms with Crippen LogP contribution in [0.1, 0.15) is 17.9 Å². The third-order valence-electron chi connectivity index (χ3n) is 2.87. The van der Waals surface area contributed by atoms with Gasteiger partial charge in [-0.1, -0.05) is 30.3 Å². The van der Waals surface area contributed by atoms with Gasteiger partial charge in [-0.15, -0.1) is 0 Å². The summed E-state index contributed by atoms with van der Waals surface area (Å²) in [6.45, 7) is 1.27. The quantitative estimate of drug-likeness (QED) is 0.799. The van der Waals surface area contributed by atoms with E-state index < -0.39 is 0 Å². The van der Waals surface area contributed by atoms with Crippen LogP contribution in [0.2, 0.25) is 0 Å². The number of aliphatic hydroxyl groups is 1. The van der Waals surface area contributed by atoms with Crippen LogP contribution in [0, 0.1) is 0 Å². The lowest BCUT2D eigenvalue weighted by Gasteiger charge is -2.14. The minimum Gasteiger partial charge on any atom is -0.395 e. The summed E-state index contributed by atoms with van der Waals surface area (Å²) >= 11 is 0. The monoisotopic (exact) mass is 205 g/mol. The minimum absolute atomic E-state index is 0.00208. The molecule has 1 unspecified atom stereocenters. The Morgan fingerprint density at radius 3 is 2.73 bits per heavy atom. The van der Waals surface area contributed by atoms with Crippen LogP contribution < -0.4 is 0 Å². The summed E-state index contributed by atoms with van der Waals surface area (Å²) in [5, 5.41) is 8.81. The molecule has 1 fully saturated rings. The normalized spacial score (nSPS) is 21.0. The Morgan fingerprint density at radius 2 is 2.07 bits per heavy atom. The molecule has 1 atom stereocenters. The second-order valence-corrected chi connectivity index (χ2v) is 3.80. The fourth-order valence-corrected chi connectivity index (χ4v) is 2.08. The number of hydrogen-bond donors (Lipinski definition) is 1. The van der Waals surface area contributed by atoms with Crippen LogP contribution in [0.3, 0.4) is 0 Å². The number of carbonyl (C=O) groups excluding carboxylic acids is 1. The molecule has 0 radical (unpaired) electrons. The summed E-state index contributed by atoms with van der Waals surface area (Å²) in [4.78, 5) is 13.6. The molecule has 3 nitrogen and oxygen atoms in total. The van der Waals surface area contributed by atoms with Gasteiger partial charge in [0.25, 0.3) is 0 Å². The first-order chi connectivity index (χ1) is 7.33. The number of amides is 1. The third-order valence-corrected chi connectivity index (χ3v) is 2.87. The second kappa shape index (κ2) is 4.45. The number of nitrogens with zero attached hydrogens (tertiary/aromatic N) is 1. The first-order valence-electron chi connectivity index (χ1n) is 5.27. The highest BCUT2D eigenvalue weighted by Gasteiger charge is 2.31. The van der Waals surface area contributed by atoms with Crippen molar-refractivity contribution in [3.63, 3.8) is 0 Å². The SMILES string of the molecule is O=C1C(c2ccccc2)CCN1CCO. The van der Waals surface area contributed by atoms with Crippen molar-refractivity contribution in [2.45, 2.75) is 12.3 Å². The lowest BCUT2D eigenvalue weighted by atomic mass is 9.98. The Labute approximate surface area is 89.3 Å². The average molecular weight is 205 g/mol. The molecule has 1 saturated heterocycles. The molecule has 15 heavy (non-hydrogen) atoms. The molecule has 1 amide bonds. The number of benzene rings is 1. The molecule has 2 rings (SSSR count). The van der Waals surface area contributed by atoms with E-state index in [2.05, 4.69) is 0 Å². The van der Waals surface area contributed by atoms with E-state index in [1.807, 2.05) is 30.3 Å². The predicted molar refractivity (Wildman–Crippen MR) is 57.5 cm³/mol. The highest BCUT2D eigenvalue weighted by atomic mass is 16.3. The lowest BCUT2D eigenvalue weighted by molar-refractivity contribution is -0.129. The number of rotatable bonds is 3. The van der Waals surface area contributed by atoms with Gasteiger partial charge in [0, 0.05) is 13.1 Å². The summed E-state index contributed by atoms with van der Waals surface area (Å²) in [5.41, 5.74) is 1.09. The van der Waals surface area contributed by atoms with Gasteiger partial charge in [0.15, 0.2) is 0 Å².